The van der Waals surface area contributed by atoms with Gasteiger partial charge < -0.3 is 20.9 Å². The van der Waals surface area contributed by atoms with Gasteiger partial charge in [0.1, 0.15) is 17.5 Å². The van der Waals surface area contributed by atoms with Gasteiger partial charge in [-0.15, -0.1) is 0 Å². The number of amides is 2. The van der Waals surface area contributed by atoms with Gasteiger partial charge >= 0.3 is 6.03 Å². The van der Waals surface area contributed by atoms with Gasteiger partial charge in [-0.2, -0.15) is 0 Å². The molecule has 2 amide bonds. The Balaban J connectivity index is 1.63. The van der Waals surface area contributed by atoms with E-state index in [9.17, 15) is 4.79 Å². The molecule has 7 nitrogen and oxygen atoms in total. The van der Waals surface area contributed by atoms with Gasteiger partial charge in [0.05, 0.1) is 0 Å². The van der Waals surface area contributed by atoms with Crippen LogP contribution in [0.3, 0.4) is 0 Å². The van der Waals surface area contributed by atoms with Crippen molar-refractivity contribution in [1.29, 1.82) is 0 Å². The number of nitrogens with zero attached hydrogens (tertiary/aromatic N) is 3. The van der Waals surface area contributed by atoms with Crippen molar-refractivity contribution in [2.24, 2.45) is 0 Å². The minimum absolute atomic E-state index is 0.284. The molecule has 0 bridgehead atoms. The number of rotatable bonds is 5. The number of hydrogen-bond donors (Lipinski definition) is 3. The molecular weight excluding hydrogens is 352 g/mol. The monoisotopic (exact) mass is 376 g/mol. The van der Waals surface area contributed by atoms with E-state index in [1.54, 1.807) is 0 Å². The average Bonchev–Trinajstić information content (AvgIpc) is 2.63. The van der Waals surface area contributed by atoms with E-state index in [0.29, 0.717) is 17.3 Å². The van der Waals surface area contributed by atoms with Crippen LogP contribution in [0, 0.1) is 13.8 Å². The zero-order chi connectivity index (χ0) is 20.1. The summed E-state index contributed by atoms with van der Waals surface area (Å²) in [6.45, 7) is 3.84. The molecule has 28 heavy (non-hydrogen) atoms. The Labute approximate surface area is 164 Å². The van der Waals surface area contributed by atoms with Crippen molar-refractivity contribution < 1.29 is 4.79 Å². The highest BCUT2D eigenvalue weighted by Gasteiger charge is 2.06. The van der Waals surface area contributed by atoms with Crippen LogP contribution in [-0.4, -0.2) is 30.1 Å². The molecule has 7 heteroatoms. The first-order chi connectivity index (χ1) is 13.4. The van der Waals surface area contributed by atoms with Gasteiger partial charge in [0.25, 0.3) is 0 Å². The zero-order valence-electron chi connectivity index (χ0n) is 16.4. The Morgan fingerprint density at radius 1 is 0.857 bits per heavy atom. The largest absolute Gasteiger partial charge is 0.363 e. The lowest BCUT2D eigenvalue weighted by molar-refractivity contribution is 0.262. The normalized spacial score (nSPS) is 10.3. The molecule has 0 atom stereocenters. The second kappa shape index (κ2) is 8.39. The zero-order valence-corrected chi connectivity index (χ0v) is 16.4. The molecule has 0 radical (unpaired) electrons. The van der Waals surface area contributed by atoms with E-state index in [0.717, 1.165) is 22.8 Å². The van der Waals surface area contributed by atoms with E-state index < -0.39 is 0 Å². The van der Waals surface area contributed by atoms with Gasteiger partial charge in [0.15, 0.2) is 0 Å². The first-order valence-corrected chi connectivity index (χ1v) is 8.94. The predicted molar refractivity (Wildman–Crippen MR) is 115 cm³/mol. The first kappa shape index (κ1) is 19.2. The van der Waals surface area contributed by atoms with E-state index in [1.807, 2.05) is 87.4 Å². The minimum Gasteiger partial charge on any atom is -0.363 e. The van der Waals surface area contributed by atoms with Crippen molar-refractivity contribution in [2.75, 3.05) is 34.9 Å². The lowest BCUT2D eigenvalue weighted by Gasteiger charge is -2.14. The fourth-order valence-electron chi connectivity index (χ4n) is 2.65. The highest BCUT2D eigenvalue weighted by atomic mass is 16.2. The van der Waals surface area contributed by atoms with E-state index in [1.165, 1.54) is 0 Å². The molecule has 0 aliphatic heterocycles. The van der Waals surface area contributed by atoms with Crippen LogP contribution in [0.4, 0.5) is 33.5 Å². The molecule has 2 aromatic carbocycles. The van der Waals surface area contributed by atoms with Crippen molar-refractivity contribution in [3.05, 3.63) is 66.0 Å². The number of benzene rings is 2. The molecule has 0 aliphatic rings. The minimum atomic E-state index is -0.284. The number of hydrogen-bond acceptors (Lipinski definition) is 5. The standard InChI is InChI=1S/C21H24N6O/c1-14-6-5-7-18(12-14)26-21(28)25-17-10-8-16(9-11-17)24-19-13-20(27(3)4)23-15(2)22-19/h5-13H,1-4H3,(H,22,23,24)(H2,25,26,28). The molecule has 0 aliphatic carbocycles. The molecule has 0 saturated heterocycles. The van der Waals surface area contributed by atoms with Crippen LogP contribution in [0.2, 0.25) is 0 Å². The van der Waals surface area contributed by atoms with Gasteiger partial charge in [-0.25, -0.2) is 14.8 Å². The van der Waals surface area contributed by atoms with E-state index in [-0.39, 0.29) is 6.03 Å². The van der Waals surface area contributed by atoms with Crippen molar-refractivity contribution >= 4 is 34.7 Å². The number of aromatic nitrogens is 2. The van der Waals surface area contributed by atoms with Gasteiger partial charge in [0, 0.05) is 37.2 Å². The number of anilines is 5. The summed E-state index contributed by atoms with van der Waals surface area (Å²) < 4.78 is 0. The van der Waals surface area contributed by atoms with E-state index >= 15 is 0 Å². The van der Waals surface area contributed by atoms with Gasteiger partial charge in [0.2, 0.25) is 0 Å². The summed E-state index contributed by atoms with van der Waals surface area (Å²) in [5, 5.41) is 8.91. The topological polar surface area (TPSA) is 82.2 Å². The summed E-state index contributed by atoms with van der Waals surface area (Å²) in [6.07, 6.45) is 0. The highest BCUT2D eigenvalue weighted by Crippen LogP contribution is 2.20. The number of carbonyl (C=O) groups is 1. The molecule has 0 saturated carbocycles. The Hall–Kier alpha value is -3.61. The number of aryl methyl sites for hydroxylation is 2. The molecule has 1 aromatic heterocycles. The Morgan fingerprint density at radius 2 is 1.54 bits per heavy atom. The molecule has 0 unspecified atom stereocenters. The Bertz CT molecular complexity index is 969. The third kappa shape index (κ3) is 5.20. The molecule has 144 valence electrons. The van der Waals surface area contributed by atoms with Crippen molar-refractivity contribution in [3.63, 3.8) is 0 Å². The second-order valence-electron chi connectivity index (χ2n) is 6.70. The fourth-order valence-corrected chi connectivity index (χ4v) is 2.65. The molecule has 1 heterocycles. The maximum absolute atomic E-state index is 12.1. The smallest absolute Gasteiger partial charge is 0.323 e. The van der Waals surface area contributed by atoms with E-state index in [4.69, 9.17) is 0 Å². The summed E-state index contributed by atoms with van der Waals surface area (Å²) in [5.74, 6) is 2.25. The average molecular weight is 376 g/mol. The first-order valence-electron chi connectivity index (χ1n) is 8.94. The second-order valence-corrected chi connectivity index (χ2v) is 6.70. The molecular formula is C21H24N6O. The predicted octanol–water partition coefficient (Wildman–Crippen LogP) is 4.55. The quantitative estimate of drug-likeness (QED) is 0.609. The maximum Gasteiger partial charge on any atom is 0.323 e. The van der Waals surface area contributed by atoms with Crippen molar-refractivity contribution in [2.45, 2.75) is 13.8 Å². The summed E-state index contributed by atoms with van der Waals surface area (Å²) in [4.78, 5) is 22.9. The Morgan fingerprint density at radius 3 is 2.21 bits per heavy atom. The van der Waals surface area contributed by atoms with Gasteiger partial charge in [-0.3, -0.25) is 0 Å². The van der Waals surface area contributed by atoms with Crippen molar-refractivity contribution in [1.82, 2.24) is 9.97 Å². The van der Waals surface area contributed by atoms with Crippen LogP contribution >= 0.6 is 0 Å². The van der Waals surface area contributed by atoms with Crippen molar-refractivity contribution in [3.8, 4) is 0 Å². The fraction of sp³-hybridized carbons (Fsp3) is 0.190. The van der Waals surface area contributed by atoms with Crippen LogP contribution in [0.5, 0.6) is 0 Å². The molecule has 0 spiro atoms. The summed E-state index contributed by atoms with van der Waals surface area (Å²) in [5.41, 5.74) is 3.41. The molecule has 3 rings (SSSR count). The third-order valence-corrected chi connectivity index (χ3v) is 3.97. The molecule has 3 aromatic rings. The van der Waals surface area contributed by atoms with Crippen LogP contribution in [0.1, 0.15) is 11.4 Å². The van der Waals surface area contributed by atoms with Crippen LogP contribution in [-0.2, 0) is 0 Å². The number of urea groups is 1. The lowest BCUT2D eigenvalue weighted by Crippen LogP contribution is -2.19. The van der Waals surface area contributed by atoms with Gasteiger partial charge in [-0.05, 0) is 55.8 Å². The highest BCUT2D eigenvalue weighted by molar-refractivity contribution is 5.99. The molecule has 3 N–H and O–H groups in total. The van der Waals surface area contributed by atoms with Gasteiger partial charge in [-0.1, -0.05) is 12.1 Å². The lowest BCUT2D eigenvalue weighted by atomic mass is 10.2. The summed E-state index contributed by atoms with van der Waals surface area (Å²) >= 11 is 0. The SMILES string of the molecule is Cc1cccc(NC(=O)Nc2ccc(Nc3cc(N(C)C)nc(C)n3)cc2)c1. The van der Waals surface area contributed by atoms with Crippen LogP contribution in [0.15, 0.2) is 54.6 Å². The van der Waals surface area contributed by atoms with Crippen LogP contribution in [0.25, 0.3) is 0 Å². The summed E-state index contributed by atoms with van der Waals surface area (Å²) in [7, 11) is 3.88. The maximum atomic E-state index is 12.1. The third-order valence-electron chi connectivity index (χ3n) is 3.97. The van der Waals surface area contributed by atoms with E-state index in [2.05, 4.69) is 25.9 Å². The molecule has 0 fully saturated rings. The Kier molecular flexibility index (Phi) is 5.74. The number of carbonyl (C=O) groups excluding carboxylic acids is 1. The number of nitrogens with one attached hydrogen (secondary N) is 3. The van der Waals surface area contributed by atoms with Crippen LogP contribution < -0.4 is 20.9 Å². The summed E-state index contributed by atoms with van der Waals surface area (Å²) in [6, 6.07) is 16.7.